The molecule has 0 saturated heterocycles. The Kier molecular flexibility index (Phi) is 3.69. The molecule has 1 aliphatic carbocycles. The van der Waals surface area contributed by atoms with Crippen LogP contribution in [0.25, 0.3) is 11.0 Å². The summed E-state index contributed by atoms with van der Waals surface area (Å²) in [5.74, 6) is 0.707. The summed E-state index contributed by atoms with van der Waals surface area (Å²) in [7, 11) is 0. The number of rotatable bonds is 3. The maximum atomic E-state index is 12.0. The third-order valence-electron chi connectivity index (χ3n) is 4.24. The summed E-state index contributed by atoms with van der Waals surface area (Å²) in [5.41, 5.74) is 3.49. The van der Waals surface area contributed by atoms with Gasteiger partial charge in [0.05, 0.1) is 0 Å². The summed E-state index contributed by atoms with van der Waals surface area (Å²) in [5, 5.41) is 1.03. The second-order valence-corrected chi connectivity index (χ2v) is 6.69. The first kappa shape index (κ1) is 14.5. The lowest BCUT2D eigenvalue weighted by Crippen LogP contribution is -2.06. The molecule has 0 radical (unpaired) electrons. The van der Waals surface area contributed by atoms with Gasteiger partial charge in [-0.25, -0.2) is 4.79 Å². The quantitative estimate of drug-likeness (QED) is 0.631. The fourth-order valence-corrected chi connectivity index (χ4v) is 3.59. The zero-order valence-electron chi connectivity index (χ0n) is 12.5. The van der Waals surface area contributed by atoms with E-state index < -0.39 is 0 Å². The molecular formula is C19H15BrO3. The average Bonchev–Trinajstić information content (AvgIpc) is 3.03. The molecule has 0 bridgehead atoms. The van der Waals surface area contributed by atoms with E-state index in [1.54, 1.807) is 0 Å². The highest BCUT2D eigenvalue weighted by molar-refractivity contribution is 9.10. The molecule has 3 aromatic rings. The first-order valence-electron chi connectivity index (χ1n) is 7.66. The number of halogens is 1. The predicted molar refractivity (Wildman–Crippen MR) is 93.0 cm³/mol. The molecule has 1 heterocycles. The van der Waals surface area contributed by atoms with Crippen LogP contribution < -0.4 is 10.4 Å². The Bertz CT molecular complexity index is 943. The van der Waals surface area contributed by atoms with Crippen LogP contribution in [0, 0.1) is 0 Å². The molecule has 0 unspecified atom stereocenters. The molecule has 23 heavy (non-hydrogen) atoms. The third-order valence-corrected chi connectivity index (χ3v) is 4.73. The largest absolute Gasteiger partial charge is 0.489 e. The van der Waals surface area contributed by atoms with Crippen molar-refractivity contribution in [2.75, 3.05) is 0 Å². The fourth-order valence-electron chi connectivity index (χ4n) is 3.15. The number of fused-ring (bicyclic) bond motifs is 3. The van der Waals surface area contributed by atoms with Gasteiger partial charge in [-0.15, -0.1) is 0 Å². The monoisotopic (exact) mass is 370 g/mol. The van der Waals surface area contributed by atoms with Crippen LogP contribution in [-0.2, 0) is 19.4 Å². The van der Waals surface area contributed by atoms with Crippen LogP contribution >= 0.6 is 15.9 Å². The molecule has 0 N–H and O–H groups in total. The lowest BCUT2D eigenvalue weighted by molar-refractivity contribution is 0.306. The van der Waals surface area contributed by atoms with Crippen molar-refractivity contribution >= 4 is 26.9 Å². The zero-order valence-corrected chi connectivity index (χ0v) is 14.1. The third kappa shape index (κ3) is 2.79. The van der Waals surface area contributed by atoms with E-state index in [-0.39, 0.29) is 5.63 Å². The molecule has 4 heteroatoms. The Morgan fingerprint density at radius 3 is 2.83 bits per heavy atom. The van der Waals surface area contributed by atoms with Gasteiger partial charge in [-0.3, -0.25) is 0 Å². The average molecular weight is 371 g/mol. The van der Waals surface area contributed by atoms with Gasteiger partial charge in [0, 0.05) is 21.5 Å². The summed E-state index contributed by atoms with van der Waals surface area (Å²) in [6.45, 7) is 0.472. The molecule has 0 atom stereocenters. The van der Waals surface area contributed by atoms with E-state index in [1.807, 2.05) is 42.5 Å². The highest BCUT2D eigenvalue weighted by Gasteiger charge is 2.19. The molecular weight excluding hydrogens is 356 g/mol. The number of aryl methyl sites for hydroxylation is 1. The van der Waals surface area contributed by atoms with E-state index >= 15 is 0 Å². The summed E-state index contributed by atoms with van der Waals surface area (Å²) >= 11 is 3.45. The van der Waals surface area contributed by atoms with E-state index in [0.29, 0.717) is 17.9 Å². The van der Waals surface area contributed by atoms with Crippen LogP contribution in [0.2, 0.25) is 0 Å². The first-order valence-corrected chi connectivity index (χ1v) is 8.46. The summed E-state index contributed by atoms with van der Waals surface area (Å²) in [6, 6.07) is 13.7. The minimum atomic E-state index is -0.200. The number of ether oxygens (including phenoxy) is 1. The van der Waals surface area contributed by atoms with Gasteiger partial charge in [0.25, 0.3) is 0 Å². The van der Waals surface area contributed by atoms with Gasteiger partial charge < -0.3 is 9.15 Å². The molecule has 1 aliphatic rings. The Labute approximate surface area is 142 Å². The van der Waals surface area contributed by atoms with Crippen molar-refractivity contribution in [3.8, 4) is 5.75 Å². The van der Waals surface area contributed by atoms with E-state index in [9.17, 15) is 4.79 Å². The topological polar surface area (TPSA) is 39.4 Å². The maximum absolute atomic E-state index is 12.0. The summed E-state index contributed by atoms with van der Waals surface area (Å²) in [4.78, 5) is 12.0. The van der Waals surface area contributed by atoms with E-state index in [2.05, 4.69) is 15.9 Å². The molecule has 0 aliphatic heterocycles. The Morgan fingerprint density at radius 2 is 1.96 bits per heavy atom. The SMILES string of the molecule is O=c1oc2cc(OCc3cccc(Br)c3)ccc2c2c1CCC2. The van der Waals surface area contributed by atoms with Crippen LogP contribution in [0.4, 0.5) is 0 Å². The highest BCUT2D eigenvalue weighted by Crippen LogP contribution is 2.29. The normalized spacial score (nSPS) is 13.3. The maximum Gasteiger partial charge on any atom is 0.339 e. The van der Waals surface area contributed by atoms with E-state index in [0.717, 1.165) is 45.8 Å². The summed E-state index contributed by atoms with van der Waals surface area (Å²) < 4.78 is 12.3. The highest BCUT2D eigenvalue weighted by atomic mass is 79.9. The van der Waals surface area contributed by atoms with Crippen LogP contribution in [-0.4, -0.2) is 0 Å². The van der Waals surface area contributed by atoms with Crippen LogP contribution in [0.1, 0.15) is 23.1 Å². The van der Waals surface area contributed by atoms with Crippen LogP contribution in [0.3, 0.4) is 0 Å². The number of hydrogen-bond acceptors (Lipinski definition) is 3. The van der Waals surface area contributed by atoms with E-state index in [4.69, 9.17) is 9.15 Å². The van der Waals surface area contributed by atoms with Gasteiger partial charge >= 0.3 is 5.63 Å². The molecule has 2 aromatic carbocycles. The van der Waals surface area contributed by atoms with Gasteiger partial charge in [0.15, 0.2) is 0 Å². The van der Waals surface area contributed by atoms with Crippen molar-refractivity contribution in [3.63, 3.8) is 0 Å². The van der Waals surface area contributed by atoms with Crippen molar-refractivity contribution < 1.29 is 9.15 Å². The van der Waals surface area contributed by atoms with Crippen molar-refractivity contribution in [1.82, 2.24) is 0 Å². The molecule has 0 spiro atoms. The Morgan fingerprint density at radius 1 is 1.09 bits per heavy atom. The molecule has 0 fully saturated rings. The number of hydrogen-bond donors (Lipinski definition) is 0. The number of benzene rings is 2. The molecule has 0 amide bonds. The summed E-state index contributed by atoms with van der Waals surface area (Å²) in [6.07, 6.45) is 2.81. The molecule has 3 nitrogen and oxygen atoms in total. The van der Waals surface area contributed by atoms with Gasteiger partial charge in [0.2, 0.25) is 0 Å². The van der Waals surface area contributed by atoms with Gasteiger partial charge in [-0.05, 0) is 54.7 Å². The minimum Gasteiger partial charge on any atom is -0.489 e. The Balaban J connectivity index is 1.64. The van der Waals surface area contributed by atoms with Crippen molar-refractivity contribution in [2.24, 2.45) is 0 Å². The lowest BCUT2D eigenvalue weighted by Gasteiger charge is -2.09. The second-order valence-electron chi connectivity index (χ2n) is 5.78. The van der Waals surface area contributed by atoms with Gasteiger partial charge in [-0.1, -0.05) is 28.1 Å². The molecule has 4 rings (SSSR count). The van der Waals surface area contributed by atoms with Gasteiger partial charge in [-0.2, -0.15) is 0 Å². The van der Waals surface area contributed by atoms with Gasteiger partial charge in [0.1, 0.15) is 17.9 Å². The predicted octanol–water partition coefficient (Wildman–Crippen LogP) is 4.62. The molecule has 0 saturated carbocycles. The van der Waals surface area contributed by atoms with Crippen LogP contribution in [0.5, 0.6) is 5.75 Å². The van der Waals surface area contributed by atoms with Crippen molar-refractivity contribution in [3.05, 3.63) is 74.0 Å². The fraction of sp³-hybridized carbons (Fsp3) is 0.211. The Hall–Kier alpha value is -2.07. The smallest absolute Gasteiger partial charge is 0.339 e. The first-order chi connectivity index (χ1) is 11.2. The second kappa shape index (κ2) is 5.85. The minimum absolute atomic E-state index is 0.200. The standard InChI is InChI=1S/C19H15BrO3/c20-13-4-1-3-12(9-13)11-22-14-7-8-16-15-5-2-6-17(15)19(21)23-18(16)10-14/h1,3-4,7-10H,2,5-6,11H2. The van der Waals surface area contributed by atoms with E-state index in [1.165, 1.54) is 0 Å². The molecule has 1 aromatic heterocycles. The zero-order chi connectivity index (χ0) is 15.8. The van der Waals surface area contributed by atoms with Crippen molar-refractivity contribution in [2.45, 2.75) is 25.9 Å². The van der Waals surface area contributed by atoms with Crippen LogP contribution in [0.15, 0.2) is 56.1 Å². The molecule has 116 valence electrons. The van der Waals surface area contributed by atoms with Crippen molar-refractivity contribution in [1.29, 1.82) is 0 Å². The lowest BCUT2D eigenvalue weighted by atomic mass is 10.1.